The molecule has 250 valence electrons. The van der Waals surface area contributed by atoms with Crippen LogP contribution in [0.15, 0.2) is 72.3 Å². The molecule has 1 atom stereocenters. The van der Waals surface area contributed by atoms with Crippen molar-refractivity contribution in [1.82, 2.24) is 4.90 Å². The normalized spacial score (nSPS) is 17.5. The van der Waals surface area contributed by atoms with Gasteiger partial charge in [0, 0.05) is 55.8 Å². The highest BCUT2D eigenvalue weighted by molar-refractivity contribution is 6.07. The molecule has 7 heteroatoms. The van der Waals surface area contributed by atoms with Crippen LogP contribution >= 0.6 is 0 Å². The van der Waals surface area contributed by atoms with E-state index in [4.69, 9.17) is 14.2 Å². The minimum Gasteiger partial charge on any atom is -0.465 e. The molecule has 0 bridgehead atoms. The lowest BCUT2D eigenvalue weighted by Gasteiger charge is -2.31. The fraction of sp³-hybridized carbons (Fsp3) is 0.475. The zero-order valence-corrected chi connectivity index (χ0v) is 28.4. The molecule has 3 aromatic rings. The molecule has 47 heavy (non-hydrogen) atoms. The summed E-state index contributed by atoms with van der Waals surface area (Å²) < 4.78 is 17.2. The van der Waals surface area contributed by atoms with Gasteiger partial charge in [0.2, 0.25) is 0 Å². The second-order valence-corrected chi connectivity index (χ2v) is 13.4. The van der Waals surface area contributed by atoms with E-state index in [9.17, 15) is 4.79 Å². The van der Waals surface area contributed by atoms with Crippen molar-refractivity contribution in [3.8, 4) is 16.9 Å². The van der Waals surface area contributed by atoms with E-state index in [0.29, 0.717) is 19.1 Å². The van der Waals surface area contributed by atoms with Crippen LogP contribution in [0.3, 0.4) is 0 Å². The second-order valence-electron chi connectivity index (χ2n) is 13.4. The number of carbonyl (C=O) groups excluding carboxylic acids is 1. The number of rotatable bonds is 14. The second kappa shape index (κ2) is 16.0. The summed E-state index contributed by atoms with van der Waals surface area (Å²) in [6.45, 7) is 9.26. The number of unbranched alkanes of at least 4 members (excludes halogenated alkanes) is 1. The van der Waals surface area contributed by atoms with Gasteiger partial charge in [0.25, 0.3) is 5.91 Å². The van der Waals surface area contributed by atoms with Gasteiger partial charge in [0.1, 0.15) is 5.75 Å². The van der Waals surface area contributed by atoms with E-state index in [2.05, 4.69) is 77.6 Å². The Morgan fingerprint density at radius 2 is 1.74 bits per heavy atom. The minimum absolute atomic E-state index is 0.0292. The molecule has 0 radical (unpaired) electrons. The predicted molar refractivity (Wildman–Crippen MR) is 191 cm³/mol. The van der Waals surface area contributed by atoms with Crippen LogP contribution in [0.1, 0.15) is 69.9 Å². The molecule has 1 aliphatic carbocycles. The Hall–Kier alpha value is -3.65. The van der Waals surface area contributed by atoms with Gasteiger partial charge in [-0.2, -0.15) is 0 Å². The van der Waals surface area contributed by atoms with Crippen molar-refractivity contribution in [2.45, 2.75) is 77.7 Å². The van der Waals surface area contributed by atoms with Crippen molar-refractivity contribution < 1.29 is 19.0 Å². The van der Waals surface area contributed by atoms with Crippen LogP contribution < -0.4 is 15.0 Å². The molecule has 1 unspecified atom stereocenters. The zero-order chi connectivity index (χ0) is 32.6. The van der Waals surface area contributed by atoms with Gasteiger partial charge in [0.15, 0.2) is 6.29 Å². The highest BCUT2D eigenvalue weighted by atomic mass is 16.7. The summed E-state index contributed by atoms with van der Waals surface area (Å²) in [5, 5.41) is 3.19. The number of carbonyl (C=O) groups is 1. The predicted octanol–water partition coefficient (Wildman–Crippen LogP) is 8.15. The quantitative estimate of drug-likeness (QED) is 0.142. The van der Waals surface area contributed by atoms with E-state index < -0.39 is 0 Å². The summed E-state index contributed by atoms with van der Waals surface area (Å²) >= 11 is 0. The Morgan fingerprint density at radius 3 is 2.47 bits per heavy atom. The molecule has 1 N–H and O–H groups in total. The summed E-state index contributed by atoms with van der Waals surface area (Å²) in [6.07, 6.45) is 9.41. The summed E-state index contributed by atoms with van der Waals surface area (Å²) in [4.78, 5) is 18.6. The molecule has 0 aromatic heterocycles. The number of fused-ring (bicyclic) bond motifs is 1. The first-order valence-electron chi connectivity index (χ1n) is 17.6. The molecular formula is C40H51N3O4. The summed E-state index contributed by atoms with van der Waals surface area (Å²) in [7, 11) is 2.19. The van der Waals surface area contributed by atoms with E-state index in [-0.39, 0.29) is 12.2 Å². The maximum absolute atomic E-state index is 13.7. The number of amides is 1. The molecule has 1 amide bonds. The van der Waals surface area contributed by atoms with Gasteiger partial charge >= 0.3 is 0 Å². The summed E-state index contributed by atoms with van der Waals surface area (Å²) in [6, 6.07) is 23.7. The van der Waals surface area contributed by atoms with Crippen LogP contribution in [0.25, 0.3) is 17.2 Å². The van der Waals surface area contributed by atoms with E-state index in [1.807, 2.05) is 31.2 Å². The van der Waals surface area contributed by atoms with Gasteiger partial charge in [-0.3, -0.25) is 9.69 Å². The molecule has 1 saturated carbocycles. The van der Waals surface area contributed by atoms with Gasteiger partial charge in [-0.15, -0.1) is 0 Å². The highest BCUT2D eigenvalue weighted by Gasteiger charge is 2.27. The molecule has 0 spiro atoms. The summed E-state index contributed by atoms with van der Waals surface area (Å²) in [5.74, 6) is 1.52. The van der Waals surface area contributed by atoms with Crippen molar-refractivity contribution in [3.63, 3.8) is 0 Å². The van der Waals surface area contributed by atoms with Crippen LogP contribution in [0.5, 0.6) is 5.75 Å². The third-order valence-corrected chi connectivity index (χ3v) is 9.61. The lowest BCUT2D eigenvalue weighted by Crippen LogP contribution is -2.36. The Kier molecular flexibility index (Phi) is 11.3. The first-order chi connectivity index (χ1) is 22.9. The first-order valence-corrected chi connectivity index (χ1v) is 17.6. The first kappa shape index (κ1) is 33.3. The SMILES string of the molecule is CCCCOC(C)Oc1ccc(-c2ccc3c(c2)C=C(C(=O)Nc2ccc(CN(C)C4CCOCC4)cc2)CCN3CC2CC2)cc1. The molecule has 7 nitrogen and oxygen atoms in total. The number of nitrogens with one attached hydrogen (secondary N) is 1. The third kappa shape index (κ3) is 9.25. The number of benzene rings is 3. The van der Waals surface area contributed by atoms with Gasteiger partial charge in [-0.1, -0.05) is 43.7 Å². The van der Waals surface area contributed by atoms with Crippen LogP contribution in [-0.2, 0) is 20.8 Å². The van der Waals surface area contributed by atoms with Crippen LogP contribution in [0.2, 0.25) is 0 Å². The average Bonchev–Trinajstić information content (AvgIpc) is 3.93. The van der Waals surface area contributed by atoms with Crippen molar-refractivity contribution >= 4 is 23.4 Å². The standard InChI is InChI=1S/C40H51N3O4/c1-4-5-22-46-29(2)47-38-15-10-32(11-16-38)33-12-17-39-35(25-33)26-34(18-21-43(39)28-31-6-7-31)40(44)41-36-13-8-30(9-14-36)27-42(3)37-19-23-45-24-20-37/h8-17,25-26,29,31,37H,4-7,18-24,27-28H2,1-3H3,(H,41,44). The zero-order valence-electron chi connectivity index (χ0n) is 28.4. The summed E-state index contributed by atoms with van der Waals surface area (Å²) in [5.41, 5.74) is 7.42. The lowest BCUT2D eigenvalue weighted by molar-refractivity contribution is -0.112. The van der Waals surface area contributed by atoms with E-state index in [0.717, 1.165) is 98.1 Å². The Morgan fingerprint density at radius 1 is 1.00 bits per heavy atom. The molecule has 2 fully saturated rings. The average molecular weight is 638 g/mol. The van der Waals surface area contributed by atoms with Crippen molar-refractivity contribution in [2.75, 3.05) is 50.2 Å². The molecule has 3 aliphatic rings. The molecular weight excluding hydrogens is 586 g/mol. The molecule has 6 rings (SSSR count). The topological polar surface area (TPSA) is 63.3 Å². The van der Waals surface area contributed by atoms with Crippen molar-refractivity contribution in [1.29, 1.82) is 0 Å². The Labute approximate surface area is 280 Å². The number of anilines is 2. The van der Waals surface area contributed by atoms with E-state index in [1.165, 1.54) is 24.1 Å². The number of hydrogen-bond acceptors (Lipinski definition) is 6. The molecule has 2 heterocycles. The maximum Gasteiger partial charge on any atom is 0.251 e. The number of hydrogen-bond donors (Lipinski definition) is 1. The Balaban J connectivity index is 1.14. The van der Waals surface area contributed by atoms with Crippen molar-refractivity contribution in [2.24, 2.45) is 5.92 Å². The smallest absolute Gasteiger partial charge is 0.251 e. The largest absolute Gasteiger partial charge is 0.465 e. The van der Waals surface area contributed by atoms with Crippen LogP contribution in [-0.4, -0.2) is 63.1 Å². The van der Waals surface area contributed by atoms with Crippen LogP contribution in [0.4, 0.5) is 11.4 Å². The minimum atomic E-state index is -0.283. The molecule has 2 aliphatic heterocycles. The van der Waals surface area contributed by atoms with E-state index in [1.54, 1.807) is 0 Å². The number of nitrogens with zero attached hydrogens (tertiary/aromatic N) is 2. The van der Waals surface area contributed by atoms with Crippen LogP contribution in [0, 0.1) is 5.92 Å². The van der Waals surface area contributed by atoms with Gasteiger partial charge < -0.3 is 24.4 Å². The lowest BCUT2D eigenvalue weighted by atomic mass is 10.00. The van der Waals surface area contributed by atoms with Gasteiger partial charge in [-0.05, 0) is 123 Å². The van der Waals surface area contributed by atoms with E-state index >= 15 is 0 Å². The fourth-order valence-corrected chi connectivity index (χ4v) is 6.55. The fourth-order valence-electron chi connectivity index (χ4n) is 6.55. The molecule has 1 saturated heterocycles. The molecule has 3 aromatic carbocycles. The highest BCUT2D eigenvalue weighted by Crippen LogP contribution is 2.37. The monoisotopic (exact) mass is 637 g/mol. The van der Waals surface area contributed by atoms with Gasteiger partial charge in [0.05, 0.1) is 6.61 Å². The van der Waals surface area contributed by atoms with Gasteiger partial charge in [-0.25, -0.2) is 0 Å². The maximum atomic E-state index is 13.7. The van der Waals surface area contributed by atoms with Crippen molar-refractivity contribution in [3.05, 3.63) is 83.4 Å². The Bertz CT molecular complexity index is 1490. The third-order valence-electron chi connectivity index (χ3n) is 9.61. The number of ether oxygens (including phenoxy) is 3.